The number of fused-ring (bicyclic) bond motifs is 1. The second-order valence-corrected chi connectivity index (χ2v) is 8.99. The van der Waals surface area contributed by atoms with Crippen molar-refractivity contribution in [2.75, 3.05) is 6.61 Å². The summed E-state index contributed by atoms with van der Waals surface area (Å²) in [6.45, 7) is 5.25. The molecule has 26 heavy (non-hydrogen) atoms. The Bertz CT molecular complexity index is 563. The number of hydrogen-bond acceptors (Lipinski definition) is 8. The average Bonchev–Trinajstić information content (AvgIpc) is 2.79. The molecule has 150 valence electrons. The summed E-state index contributed by atoms with van der Waals surface area (Å²) in [4.78, 5) is 12.3. The second-order valence-electron chi connectivity index (χ2n) is 8.99. The summed E-state index contributed by atoms with van der Waals surface area (Å²) in [5.74, 6) is -1.63. The van der Waals surface area contributed by atoms with E-state index in [-0.39, 0.29) is 30.0 Å². The Labute approximate surface area is 152 Å². The fourth-order valence-corrected chi connectivity index (χ4v) is 5.38. The Kier molecular flexibility index (Phi) is 5.02. The Morgan fingerprint density at radius 2 is 1.77 bits per heavy atom. The fraction of sp³-hybridized carbons (Fsp3) is 0.944. The molecule has 2 aliphatic carbocycles. The quantitative estimate of drug-likeness (QED) is 0.409. The minimum atomic E-state index is -1.72. The van der Waals surface area contributed by atoms with Gasteiger partial charge in [0.05, 0.1) is 6.61 Å². The van der Waals surface area contributed by atoms with Crippen LogP contribution in [0, 0.1) is 16.7 Å². The summed E-state index contributed by atoms with van der Waals surface area (Å²) >= 11 is 0. The van der Waals surface area contributed by atoms with Crippen LogP contribution in [0.3, 0.4) is 0 Å². The van der Waals surface area contributed by atoms with Gasteiger partial charge < -0.3 is 35.0 Å². The molecule has 3 aliphatic rings. The lowest BCUT2D eigenvalue weighted by Gasteiger charge is -2.52. The molecule has 0 aromatic rings. The second kappa shape index (κ2) is 6.48. The molecule has 3 rings (SSSR count). The molecule has 1 saturated heterocycles. The summed E-state index contributed by atoms with van der Waals surface area (Å²) in [7, 11) is 0. The smallest absolute Gasteiger partial charge is 0.189 e. The highest BCUT2D eigenvalue weighted by Crippen LogP contribution is 2.63. The first-order chi connectivity index (χ1) is 11.9. The number of aliphatic hydroxyl groups is 5. The standard InChI is InChI=1S/C18H30O8/c1-16(2)6-9(20)7-17(3)11(16)4-5-18(17,24)26-15-14(23)13(22)12(21)10(8-19)25-15/h10-15,19,21-24H,4-8H2,1-3H3/t10-,11?,12-,13+,14-,15+,17+,18+/m1/s1. The van der Waals surface area contributed by atoms with Gasteiger partial charge in [-0.05, 0) is 17.8 Å². The molecule has 0 bridgehead atoms. The number of aliphatic hydroxyl groups excluding tert-OH is 4. The van der Waals surface area contributed by atoms with Gasteiger partial charge in [0, 0.05) is 24.7 Å². The number of rotatable bonds is 3. The van der Waals surface area contributed by atoms with Crippen LogP contribution in [0.4, 0.5) is 0 Å². The fourth-order valence-electron chi connectivity index (χ4n) is 5.38. The topological polar surface area (TPSA) is 137 Å². The molecule has 0 radical (unpaired) electrons. The molecule has 5 N–H and O–H groups in total. The molecule has 8 heteroatoms. The van der Waals surface area contributed by atoms with Gasteiger partial charge in [-0.1, -0.05) is 20.8 Å². The third kappa shape index (κ3) is 2.92. The Morgan fingerprint density at radius 3 is 2.38 bits per heavy atom. The highest BCUT2D eigenvalue weighted by molar-refractivity contribution is 5.81. The third-order valence-electron chi connectivity index (χ3n) is 6.75. The Hall–Kier alpha value is -0.610. The van der Waals surface area contributed by atoms with E-state index in [4.69, 9.17) is 9.47 Å². The van der Waals surface area contributed by atoms with E-state index >= 15 is 0 Å². The zero-order valence-electron chi connectivity index (χ0n) is 15.5. The highest BCUT2D eigenvalue weighted by Gasteiger charge is 2.65. The monoisotopic (exact) mass is 374 g/mol. The van der Waals surface area contributed by atoms with Crippen molar-refractivity contribution in [3.63, 3.8) is 0 Å². The van der Waals surface area contributed by atoms with E-state index in [1.165, 1.54) is 0 Å². The van der Waals surface area contributed by atoms with E-state index in [9.17, 15) is 30.3 Å². The summed E-state index contributed by atoms with van der Waals surface area (Å²) in [6.07, 6.45) is -5.67. The normalized spacial score (nSPS) is 51.3. The number of carbonyl (C=O) groups is 1. The predicted molar refractivity (Wildman–Crippen MR) is 88.7 cm³/mol. The van der Waals surface area contributed by atoms with Crippen molar-refractivity contribution in [1.82, 2.24) is 0 Å². The van der Waals surface area contributed by atoms with Gasteiger partial charge in [0.15, 0.2) is 12.1 Å². The number of hydrogen-bond donors (Lipinski definition) is 5. The van der Waals surface area contributed by atoms with Crippen molar-refractivity contribution in [2.45, 2.75) is 82.9 Å². The molecule has 0 aromatic heterocycles. The SMILES string of the molecule is CC1(C)CC(=O)C[C@@]2(C)C1CC[C@]2(O)O[C@@H]1O[C@H](CO)[C@@H](O)[C@H](O)[C@H]1O. The zero-order chi connectivity index (χ0) is 19.5. The van der Waals surface area contributed by atoms with Crippen LogP contribution < -0.4 is 0 Å². The summed E-state index contributed by atoms with van der Waals surface area (Å²) in [6, 6.07) is 0. The van der Waals surface area contributed by atoms with Crippen LogP contribution in [-0.4, -0.2) is 74.4 Å². The van der Waals surface area contributed by atoms with Crippen LogP contribution in [0.5, 0.6) is 0 Å². The van der Waals surface area contributed by atoms with Crippen LogP contribution >= 0.6 is 0 Å². The molecule has 0 amide bonds. The molecular weight excluding hydrogens is 344 g/mol. The number of carbonyl (C=O) groups excluding carboxylic acids is 1. The molecule has 2 saturated carbocycles. The van der Waals surface area contributed by atoms with Crippen LogP contribution in [0.2, 0.25) is 0 Å². The van der Waals surface area contributed by atoms with Gasteiger partial charge in [0.1, 0.15) is 30.2 Å². The lowest BCUT2D eigenvalue weighted by Crippen LogP contribution is -2.63. The van der Waals surface area contributed by atoms with E-state index < -0.39 is 48.5 Å². The first-order valence-corrected chi connectivity index (χ1v) is 9.17. The van der Waals surface area contributed by atoms with Gasteiger partial charge in [-0.2, -0.15) is 0 Å². The third-order valence-corrected chi connectivity index (χ3v) is 6.75. The molecule has 8 nitrogen and oxygen atoms in total. The van der Waals surface area contributed by atoms with Gasteiger partial charge in [-0.3, -0.25) is 4.79 Å². The summed E-state index contributed by atoms with van der Waals surface area (Å²) in [5, 5.41) is 50.7. The van der Waals surface area contributed by atoms with Crippen molar-refractivity contribution in [3.05, 3.63) is 0 Å². The molecule has 0 aromatic carbocycles. The summed E-state index contributed by atoms with van der Waals surface area (Å²) in [5.41, 5.74) is -1.14. The maximum atomic E-state index is 12.3. The van der Waals surface area contributed by atoms with Gasteiger partial charge >= 0.3 is 0 Å². The predicted octanol–water partition coefficient (Wildman–Crippen LogP) is -0.703. The van der Waals surface area contributed by atoms with Crippen LogP contribution in [0.1, 0.15) is 46.5 Å². The van der Waals surface area contributed by atoms with Gasteiger partial charge in [0.2, 0.25) is 0 Å². The van der Waals surface area contributed by atoms with Crippen LogP contribution in [0.15, 0.2) is 0 Å². The average molecular weight is 374 g/mol. The van der Waals surface area contributed by atoms with Gasteiger partial charge in [-0.25, -0.2) is 0 Å². The van der Waals surface area contributed by atoms with Crippen molar-refractivity contribution in [1.29, 1.82) is 0 Å². The minimum Gasteiger partial charge on any atom is -0.394 e. The van der Waals surface area contributed by atoms with E-state index in [0.29, 0.717) is 12.8 Å². The van der Waals surface area contributed by atoms with E-state index in [2.05, 4.69) is 0 Å². The van der Waals surface area contributed by atoms with Gasteiger partial charge in [0.25, 0.3) is 0 Å². The Balaban J connectivity index is 1.86. The molecule has 8 atom stereocenters. The molecule has 1 heterocycles. The zero-order valence-corrected chi connectivity index (χ0v) is 15.5. The van der Waals surface area contributed by atoms with E-state index in [1.54, 1.807) is 0 Å². The van der Waals surface area contributed by atoms with Crippen LogP contribution in [0.25, 0.3) is 0 Å². The lowest BCUT2D eigenvalue weighted by molar-refractivity contribution is -0.384. The van der Waals surface area contributed by atoms with Crippen molar-refractivity contribution >= 4 is 5.78 Å². The molecule has 0 spiro atoms. The highest BCUT2D eigenvalue weighted by atomic mass is 16.8. The molecule has 1 unspecified atom stereocenters. The number of ketones is 1. The molecule has 1 aliphatic heterocycles. The first-order valence-electron chi connectivity index (χ1n) is 9.17. The Morgan fingerprint density at radius 1 is 1.12 bits per heavy atom. The van der Waals surface area contributed by atoms with E-state index in [1.807, 2.05) is 20.8 Å². The largest absolute Gasteiger partial charge is 0.394 e. The van der Waals surface area contributed by atoms with Crippen molar-refractivity contribution in [3.8, 4) is 0 Å². The maximum absolute atomic E-state index is 12.3. The van der Waals surface area contributed by atoms with Crippen LogP contribution in [-0.2, 0) is 14.3 Å². The minimum absolute atomic E-state index is 0.0441. The number of Topliss-reactive ketones (excluding diaryl/α,β-unsaturated/α-hetero) is 1. The lowest BCUT2D eigenvalue weighted by atomic mass is 9.56. The molecular formula is C18H30O8. The van der Waals surface area contributed by atoms with Gasteiger partial charge in [-0.15, -0.1) is 0 Å². The summed E-state index contributed by atoms with van der Waals surface area (Å²) < 4.78 is 11.1. The van der Waals surface area contributed by atoms with Crippen molar-refractivity contribution in [2.24, 2.45) is 16.7 Å². The molecule has 3 fully saturated rings. The van der Waals surface area contributed by atoms with Crippen molar-refractivity contribution < 1.29 is 39.8 Å². The first kappa shape index (κ1) is 20.1. The number of ether oxygens (including phenoxy) is 2. The van der Waals surface area contributed by atoms with E-state index in [0.717, 1.165) is 0 Å². The maximum Gasteiger partial charge on any atom is 0.189 e.